The Hall–Kier alpha value is -2.14. The van der Waals surface area contributed by atoms with E-state index in [1.54, 1.807) is 29.7 Å². The first-order valence-corrected chi connectivity index (χ1v) is 7.11. The van der Waals surface area contributed by atoms with Crippen molar-refractivity contribution in [1.29, 1.82) is 0 Å². The molecule has 1 aromatic rings. The summed E-state index contributed by atoms with van der Waals surface area (Å²) in [5.74, 6) is -0.423. The molecule has 0 aliphatic heterocycles. The van der Waals surface area contributed by atoms with Crippen molar-refractivity contribution in [2.75, 3.05) is 0 Å². The minimum absolute atomic E-state index is 0.0527. The number of benzene rings is 1. The lowest BCUT2D eigenvalue weighted by atomic mass is 9.93. The second kappa shape index (κ2) is 7.04. The van der Waals surface area contributed by atoms with E-state index in [1.807, 2.05) is 6.92 Å². The van der Waals surface area contributed by atoms with Crippen molar-refractivity contribution in [3.63, 3.8) is 0 Å². The molecule has 0 heterocycles. The molecule has 0 fully saturated rings. The van der Waals surface area contributed by atoms with Gasteiger partial charge >= 0.3 is 0 Å². The fourth-order valence-corrected chi connectivity index (χ4v) is 2.43. The molecule has 112 valence electrons. The van der Waals surface area contributed by atoms with Crippen LogP contribution in [0.3, 0.4) is 0 Å². The zero-order valence-corrected chi connectivity index (χ0v) is 12.0. The molecule has 3 N–H and O–H groups in total. The molecule has 1 aromatic carbocycles. The van der Waals surface area contributed by atoms with E-state index in [0.29, 0.717) is 5.56 Å². The first kappa shape index (κ1) is 15.3. The van der Waals surface area contributed by atoms with Crippen LogP contribution in [-0.4, -0.2) is 17.0 Å². The second-order valence-corrected chi connectivity index (χ2v) is 5.27. The normalized spacial score (nSPS) is 18.9. The van der Waals surface area contributed by atoms with Crippen LogP contribution in [0.15, 0.2) is 36.4 Å². The smallest absolute Gasteiger partial charge is 0.274 e. The van der Waals surface area contributed by atoms with Gasteiger partial charge in [0, 0.05) is 11.5 Å². The Labute approximate surface area is 124 Å². The molecular formula is C16H20N2O3. The van der Waals surface area contributed by atoms with E-state index in [0.717, 1.165) is 24.8 Å². The Morgan fingerprint density at radius 2 is 1.95 bits per heavy atom. The second-order valence-electron chi connectivity index (χ2n) is 5.27. The molecule has 5 nitrogen and oxygen atoms in total. The number of hydroxylamine groups is 1. The summed E-state index contributed by atoms with van der Waals surface area (Å²) in [5.41, 5.74) is 2.88. The molecule has 2 amide bonds. The predicted octanol–water partition coefficient (Wildman–Crippen LogP) is 2.34. The average Bonchev–Trinajstić information content (AvgIpc) is 2.55. The number of amides is 2. The highest BCUT2D eigenvalue weighted by Crippen LogP contribution is 2.20. The molecule has 0 radical (unpaired) electrons. The maximum Gasteiger partial charge on any atom is 0.274 e. The standard InChI is InChI=1S/C16H20N2O3/c1-11(17-15(19)13-5-3-2-4-6-13)12-7-9-14(10-8-12)16(20)18-21/h2-3,7-11,13,21H,4-6H2,1H3,(H,17,19)(H,18,20). The van der Waals surface area contributed by atoms with Gasteiger partial charge in [0.15, 0.2) is 0 Å². The Morgan fingerprint density at radius 1 is 1.24 bits per heavy atom. The molecule has 0 saturated carbocycles. The number of nitrogens with one attached hydrogen (secondary N) is 2. The minimum atomic E-state index is -0.549. The molecule has 1 aliphatic carbocycles. The molecule has 5 heteroatoms. The topological polar surface area (TPSA) is 78.4 Å². The van der Waals surface area contributed by atoms with E-state index < -0.39 is 5.91 Å². The van der Waals surface area contributed by atoms with Crippen LogP contribution in [0.2, 0.25) is 0 Å². The molecule has 21 heavy (non-hydrogen) atoms. The maximum atomic E-state index is 12.2. The summed E-state index contributed by atoms with van der Waals surface area (Å²) in [6.45, 7) is 1.91. The van der Waals surface area contributed by atoms with Crippen molar-refractivity contribution in [3.05, 3.63) is 47.5 Å². The molecule has 0 saturated heterocycles. The van der Waals surface area contributed by atoms with E-state index in [2.05, 4.69) is 17.5 Å². The number of carbonyl (C=O) groups is 2. The van der Waals surface area contributed by atoms with Crippen molar-refractivity contribution in [1.82, 2.24) is 10.8 Å². The zero-order valence-electron chi connectivity index (χ0n) is 12.0. The van der Waals surface area contributed by atoms with Gasteiger partial charge in [-0.3, -0.25) is 14.8 Å². The van der Waals surface area contributed by atoms with Crippen molar-refractivity contribution in [3.8, 4) is 0 Å². The Balaban J connectivity index is 1.96. The van der Waals surface area contributed by atoms with Crippen LogP contribution in [-0.2, 0) is 4.79 Å². The Bertz CT molecular complexity index is 537. The predicted molar refractivity (Wildman–Crippen MR) is 78.7 cm³/mol. The van der Waals surface area contributed by atoms with E-state index >= 15 is 0 Å². The lowest BCUT2D eigenvalue weighted by Gasteiger charge is -2.21. The van der Waals surface area contributed by atoms with E-state index in [9.17, 15) is 9.59 Å². The number of rotatable bonds is 4. The molecule has 0 bridgehead atoms. The van der Waals surface area contributed by atoms with Gasteiger partial charge in [-0.05, 0) is 43.9 Å². The Kier molecular flexibility index (Phi) is 5.11. The van der Waals surface area contributed by atoms with Gasteiger partial charge in [0.25, 0.3) is 5.91 Å². The van der Waals surface area contributed by atoms with Gasteiger partial charge in [0.2, 0.25) is 5.91 Å². The van der Waals surface area contributed by atoms with Crippen LogP contribution in [0.1, 0.15) is 48.1 Å². The summed E-state index contributed by atoms with van der Waals surface area (Å²) in [7, 11) is 0. The molecule has 0 spiro atoms. The summed E-state index contributed by atoms with van der Waals surface area (Å²) in [6, 6.07) is 6.67. The maximum absolute atomic E-state index is 12.2. The lowest BCUT2D eigenvalue weighted by molar-refractivity contribution is -0.125. The highest BCUT2D eigenvalue weighted by molar-refractivity contribution is 5.93. The van der Waals surface area contributed by atoms with E-state index in [-0.39, 0.29) is 17.9 Å². The third kappa shape index (κ3) is 3.92. The summed E-state index contributed by atoms with van der Waals surface area (Å²) in [6.07, 6.45) is 6.81. The van der Waals surface area contributed by atoms with Gasteiger partial charge in [-0.25, -0.2) is 5.48 Å². The molecule has 0 aromatic heterocycles. The minimum Gasteiger partial charge on any atom is -0.349 e. The largest absolute Gasteiger partial charge is 0.349 e. The number of allylic oxidation sites excluding steroid dienone is 2. The highest BCUT2D eigenvalue weighted by Gasteiger charge is 2.20. The van der Waals surface area contributed by atoms with Crippen molar-refractivity contribution >= 4 is 11.8 Å². The van der Waals surface area contributed by atoms with Gasteiger partial charge in [0.1, 0.15) is 0 Å². The van der Waals surface area contributed by atoms with Crippen LogP contribution in [0.4, 0.5) is 0 Å². The van der Waals surface area contributed by atoms with Gasteiger partial charge in [-0.15, -0.1) is 0 Å². The van der Waals surface area contributed by atoms with Crippen LogP contribution in [0, 0.1) is 5.92 Å². The zero-order chi connectivity index (χ0) is 15.2. The van der Waals surface area contributed by atoms with Gasteiger partial charge in [0.05, 0.1) is 6.04 Å². The number of hydrogen-bond donors (Lipinski definition) is 3. The van der Waals surface area contributed by atoms with Crippen LogP contribution in [0.25, 0.3) is 0 Å². The van der Waals surface area contributed by atoms with E-state index in [1.165, 1.54) is 0 Å². The number of carbonyl (C=O) groups excluding carboxylic acids is 2. The lowest BCUT2D eigenvalue weighted by Crippen LogP contribution is -2.33. The summed E-state index contributed by atoms with van der Waals surface area (Å²) in [4.78, 5) is 23.4. The third-order valence-electron chi connectivity index (χ3n) is 3.77. The van der Waals surface area contributed by atoms with Crippen molar-refractivity contribution in [2.45, 2.75) is 32.2 Å². The molecule has 2 unspecified atom stereocenters. The quantitative estimate of drug-likeness (QED) is 0.452. The van der Waals surface area contributed by atoms with Gasteiger partial charge < -0.3 is 5.32 Å². The van der Waals surface area contributed by atoms with Crippen LogP contribution >= 0.6 is 0 Å². The summed E-state index contributed by atoms with van der Waals surface area (Å²) >= 11 is 0. The summed E-state index contributed by atoms with van der Waals surface area (Å²) < 4.78 is 0. The van der Waals surface area contributed by atoms with Gasteiger partial charge in [-0.2, -0.15) is 0 Å². The molecule has 1 aliphatic rings. The first-order valence-electron chi connectivity index (χ1n) is 7.11. The van der Waals surface area contributed by atoms with Crippen molar-refractivity contribution < 1.29 is 14.8 Å². The first-order chi connectivity index (χ1) is 10.1. The highest BCUT2D eigenvalue weighted by atomic mass is 16.5. The monoisotopic (exact) mass is 288 g/mol. The number of hydrogen-bond acceptors (Lipinski definition) is 3. The van der Waals surface area contributed by atoms with Crippen LogP contribution < -0.4 is 10.8 Å². The van der Waals surface area contributed by atoms with Crippen LogP contribution in [0.5, 0.6) is 0 Å². The molecule has 2 atom stereocenters. The molecule has 2 rings (SSSR count). The Morgan fingerprint density at radius 3 is 2.52 bits per heavy atom. The molecular weight excluding hydrogens is 268 g/mol. The van der Waals surface area contributed by atoms with Gasteiger partial charge in [-0.1, -0.05) is 24.3 Å². The fraction of sp³-hybridized carbons (Fsp3) is 0.375. The van der Waals surface area contributed by atoms with Crippen molar-refractivity contribution in [2.24, 2.45) is 5.92 Å². The summed E-state index contributed by atoms with van der Waals surface area (Å²) in [5, 5.41) is 11.6. The fourth-order valence-electron chi connectivity index (χ4n) is 2.43. The average molecular weight is 288 g/mol. The SMILES string of the molecule is CC(NC(=O)C1CC=CCC1)c1ccc(C(=O)NO)cc1. The van der Waals surface area contributed by atoms with E-state index in [4.69, 9.17) is 5.21 Å². The third-order valence-corrected chi connectivity index (χ3v) is 3.77.